The Bertz CT molecular complexity index is 613. The lowest BCUT2D eigenvalue weighted by Crippen LogP contribution is -2.52. The topological polar surface area (TPSA) is 70.2 Å². The summed E-state index contributed by atoms with van der Waals surface area (Å²) in [6.45, 7) is 10.6. The van der Waals surface area contributed by atoms with Crippen LogP contribution < -0.4 is 16.0 Å². The lowest BCUT2D eigenvalue weighted by atomic mass is 9.81. The average Bonchev–Trinajstić information content (AvgIpc) is 2.58. The number of rotatable bonds is 6. The summed E-state index contributed by atoms with van der Waals surface area (Å²) >= 11 is 0. The number of piperidine rings is 1. The van der Waals surface area contributed by atoms with Crippen LogP contribution in [0.5, 0.6) is 0 Å². The fraction of sp³-hybridized carbons (Fsp3) is 0.600. The van der Waals surface area contributed by atoms with Crippen molar-refractivity contribution in [3.63, 3.8) is 0 Å². The Morgan fingerprint density at radius 3 is 2.38 bits per heavy atom. The van der Waals surface area contributed by atoms with Crippen molar-refractivity contribution in [1.29, 1.82) is 0 Å². The van der Waals surface area contributed by atoms with Gasteiger partial charge in [-0.15, -0.1) is 12.4 Å². The molecule has 1 aromatic carbocycles. The van der Waals surface area contributed by atoms with Gasteiger partial charge >= 0.3 is 0 Å². The van der Waals surface area contributed by atoms with Crippen molar-refractivity contribution in [3.05, 3.63) is 35.4 Å². The van der Waals surface area contributed by atoms with Gasteiger partial charge in [0.05, 0.1) is 0 Å². The highest BCUT2D eigenvalue weighted by Crippen LogP contribution is 2.26. The van der Waals surface area contributed by atoms with Crippen LogP contribution in [0.2, 0.25) is 0 Å². The molecule has 0 saturated carbocycles. The van der Waals surface area contributed by atoms with Gasteiger partial charge in [-0.3, -0.25) is 9.59 Å². The number of carbonyl (C=O) groups is 2. The summed E-state index contributed by atoms with van der Waals surface area (Å²) in [5, 5.41) is 9.32. The molecule has 1 unspecified atom stereocenters. The minimum absolute atomic E-state index is 0. The van der Waals surface area contributed by atoms with Gasteiger partial charge in [0.15, 0.2) is 0 Å². The van der Waals surface area contributed by atoms with E-state index in [9.17, 15) is 9.59 Å². The molecule has 0 aromatic heterocycles. The molecule has 3 N–H and O–H groups in total. The molecule has 1 atom stereocenters. The molecular weight excluding hydrogens is 350 g/mol. The molecule has 0 radical (unpaired) electrons. The molecule has 146 valence electrons. The van der Waals surface area contributed by atoms with Crippen molar-refractivity contribution >= 4 is 24.2 Å². The van der Waals surface area contributed by atoms with E-state index < -0.39 is 6.04 Å². The van der Waals surface area contributed by atoms with Gasteiger partial charge in [0.25, 0.3) is 5.91 Å². The molecule has 2 amide bonds. The smallest absolute Gasteiger partial charge is 0.252 e. The fourth-order valence-corrected chi connectivity index (χ4v) is 3.20. The van der Waals surface area contributed by atoms with Crippen LogP contribution in [0, 0.1) is 18.3 Å². The van der Waals surface area contributed by atoms with Crippen LogP contribution in [0.3, 0.4) is 0 Å². The molecular formula is C20H32ClN3O2. The Labute approximate surface area is 163 Å². The molecule has 0 aliphatic carbocycles. The van der Waals surface area contributed by atoms with Crippen molar-refractivity contribution < 1.29 is 9.59 Å². The highest BCUT2D eigenvalue weighted by molar-refractivity contribution is 5.98. The highest BCUT2D eigenvalue weighted by atomic mass is 35.5. The molecule has 0 spiro atoms. The van der Waals surface area contributed by atoms with E-state index >= 15 is 0 Å². The van der Waals surface area contributed by atoms with Gasteiger partial charge in [0, 0.05) is 12.1 Å². The van der Waals surface area contributed by atoms with Crippen LogP contribution in [0.4, 0.5) is 0 Å². The number of aryl methyl sites for hydroxylation is 1. The lowest BCUT2D eigenvalue weighted by molar-refractivity contribution is -0.124. The van der Waals surface area contributed by atoms with E-state index in [0.717, 1.165) is 31.5 Å². The molecule has 1 fully saturated rings. The Morgan fingerprint density at radius 2 is 1.81 bits per heavy atom. The van der Waals surface area contributed by atoms with Crippen molar-refractivity contribution in [1.82, 2.24) is 16.0 Å². The second-order valence-electron chi connectivity index (χ2n) is 7.79. The second-order valence-corrected chi connectivity index (χ2v) is 7.79. The first-order valence-electron chi connectivity index (χ1n) is 9.17. The normalized spacial score (nSPS) is 17.1. The van der Waals surface area contributed by atoms with Gasteiger partial charge in [-0.25, -0.2) is 0 Å². The molecule has 6 heteroatoms. The molecule has 5 nitrogen and oxygen atoms in total. The van der Waals surface area contributed by atoms with Gasteiger partial charge in [-0.1, -0.05) is 39.0 Å². The maximum atomic E-state index is 12.7. The zero-order valence-corrected chi connectivity index (χ0v) is 17.0. The third-order valence-corrected chi connectivity index (χ3v) is 5.13. The van der Waals surface area contributed by atoms with Gasteiger partial charge in [0.1, 0.15) is 6.04 Å². The predicted octanol–water partition coefficient (Wildman–Crippen LogP) is 2.68. The minimum atomic E-state index is -0.530. The summed E-state index contributed by atoms with van der Waals surface area (Å²) in [7, 11) is 0. The fourth-order valence-electron chi connectivity index (χ4n) is 3.20. The van der Waals surface area contributed by atoms with Crippen LogP contribution in [0.25, 0.3) is 0 Å². The third-order valence-electron chi connectivity index (χ3n) is 5.13. The van der Waals surface area contributed by atoms with E-state index in [-0.39, 0.29) is 35.6 Å². The summed E-state index contributed by atoms with van der Waals surface area (Å²) in [6.07, 6.45) is 2.10. The number of benzene rings is 1. The van der Waals surface area contributed by atoms with E-state index in [0.29, 0.717) is 12.1 Å². The number of amides is 2. The highest BCUT2D eigenvalue weighted by Gasteiger charge is 2.30. The standard InChI is InChI=1S/C20H31N3O2.ClH/c1-14(2)17(23-18(24)16-8-6-5-7-15(16)3)19(25)22-13-20(4)9-11-21-12-10-20;/h5-8,14,17,21H,9-13H2,1-4H3,(H,22,25)(H,23,24);1H. The second kappa shape index (κ2) is 9.93. The predicted molar refractivity (Wildman–Crippen MR) is 108 cm³/mol. The number of hydrogen-bond acceptors (Lipinski definition) is 3. The first kappa shape index (κ1) is 22.5. The van der Waals surface area contributed by atoms with Crippen molar-refractivity contribution in [2.75, 3.05) is 19.6 Å². The maximum Gasteiger partial charge on any atom is 0.252 e. The van der Waals surface area contributed by atoms with Gasteiger partial charge in [-0.05, 0) is 55.8 Å². The van der Waals surface area contributed by atoms with Gasteiger partial charge in [-0.2, -0.15) is 0 Å². The Balaban J connectivity index is 0.00000338. The zero-order valence-electron chi connectivity index (χ0n) is 16.2. The van der Waals surface area contributed by atoms with Crippen LogP contribution in [0.15, 0.2) is 24.3 Å². The van der Waals surface area contributed by atoms with Gasteiger partial charge in [0.2, 0.25) is 5.91 Å². The quantitative estimate of drug-likeness (QED) is 0.709. The Morgan fingerprint density at radius 1 is 1.19 bits per heavy atom. The first-order valence-corrected chi connectivity index (χ1v) is 9.17. The molecule has 26 heavy (non-hydrogen) atoms. The summed E-state index contributed by atoms with van der Waals surface area (Å²) in [5.74, 6) is -0.273. The Kier molecular flexibility index (Phi) is 8.57. The van der Waals surface area contributed by atoms with Crippen molar-refractivity contribution in [2.45, 2.75) is 46.6 Å². The molecule has 1 aliphatic rings. The molecule has 1 aromatic rings. The van der Waals surface area contributed by atoms with Crippen molar-refractivity contribution in [2.24, 2.45) is 11.3 Å². The first-order chi connectivity index (χ1) is 11.8. The number of hydrogen-bond donors (Lipinski definition) is 3. The summed E-state index contributed by atoms with van der Waals surface area (Å²) in [6, 6.07) is 6.90. The number of nitrogens with one attached hydrogen (secondary N) is 3. The molecule has 1 saturated heterocycles. The minimum Gasteiger partial charge on any atom is -0.354 e. The maximum absolute atomic E-state index is 12.7. The lowest BCUT2D eigenvalue weighted by Gasteiger charge is -2.35. The SMILES string of the molecule is Cc1ccccc1C(=O)NC(C(=O)NCC1(C)CCNCC1)C(C)C.Cl. The monoisotopic (exact) mass is 381 g/mol. The van der Waals surface area contributed by atoms with Crippen LogP contribution in [0.1, 0.15) is 49.5 Å². The zero-order chi connectivity index (χ0) is 18.4. The average molecular weight is 382 g/mol. The van der Waals surface area contributed by atoms with E-state index in [4.69, 9.17) is 0 Å². The summed E-state index contributed by atoms with van der Waals surface area (Å²) in [4.78, 5) is 25.2. The Hall–Kier alpha value is -1.59. The molecule has 2 rings (SSSR count). The van der Waals surface area contributed by atoms with Gasteiger partial charge < -0.3 is 16.0 Å². The van der Waals surface area contributed by atoms with Crippen molar-refractivity contribution in [3.8, 4) is 0 Å². The molecule has 0 bridgehead atoms. The molecule has 1 heterocycles. The third kappa shape index (κ3) is 5.99. The van der Waals surface area contributed by atoms with E-state index in [1.54, 1.807) is 6.07 Å². The number of carbonyl (C=O) groups excluding carboxylic acids is 2. The van der Waals surface area contributed by atoms with Crippen LogP contribution in [-0.4, -0.2) is 37.5 Å². The largest absolute Gasteiger partial charge is 0.354 e. The van der Waals surface area contributed by atoms with E-state index in [1.165, 1.54) is 0 Å². The van der Waals surface area contributed by atoms with Crippen LogP contribution >= 0.6 is 12.4 Å². The molecule has 1 aliphatic heterocycles. The van der Waals surface area contributed by atoms with E-state index in [2.05, 4.69) is 22.9 Å². The summed E-state index contributed by atoms with van der Waals surface area (Å²) in [5.41, 5.74) is 1.65. The number of halogens is 1. The summed E-state index contributed by atoms with van der Waals surface area (Å²) < 4.78 is 0. The van der Waals surface area contributed by atoms with E-state index in [1.807, 2.05) is 39.0 Å². The van der Waals surface area contributed by atoms with Crippen LogP contribution in [-0.2, 0) is 4.79 Å².